The molecule has 0 saturated heterocycles. The topological polar surface area (TPSA) is 30.5 Å². The lowest BCUT2D eigenvalue weighted by Gasteiger charge is -2.21. The maximum absolute atomic E-state index is 6.15. The number of fused-ring (bicyclic) bond motifs is 3. The Balaban J connectivity index is 2.05. The summed E-state index contributed by atoms with van der Waals surface area (Å²) in [4.78, 5) is 0. The Morgan fingerprint density at radius 2 is 2.10 bits per heavy atom. The van der Waals surface area contributed by atoms with Crippen molar-refractivity contribution in [2.75, 3.05) is 13.2 Å². The molecule has 3 nitrogen and oxygen atoms in total. The van der Waals surface area contributed by atoms with Crippen molar-refractivity contribution in [2.24, 2.45) is 5.92 Å². The molecule has 2 aliphatic rings. The van der Waals surface area contributed by atoms with E-state index in [1.54, 1.807) is 0 Å². The van der Waals surface area contributed by atoms with Crippen LogP contribution in [-0.4, -0.2) is 19.3 Å². The molecule has 3 unspecified atom stereocenters. The van der Waals surface area contributed by atoms with E-state index in [9.17, 15) is 0 Å². The van der Waals surface area contributed by atoms with Crippen LogP contribution in [0, 0.1) is 5.92 Å². The zero-order valence-corrected chi connectivity index (χ0v) is 13.7. The number of ether oxygens (including phenoxy) is 2. The zero-order chi connectivity index (χ0) is 15.0. The van der Waals surface area contributed by atoms with E-state index in [-0.39, 0.29) is 6.10 Å². The summed E-state index contributed by atoms with van der Waals surface area (Å²) in [5.74, 6) is 2.81. The molecule has 1 aliphatic heterocycles. The van der Waals surface area contributed by atoms with Crippen molar-refractivity contribution in [3.63, 3.8) is 0 Å². The molecule has 21 heavy (non-hydrogen) atoms. The van der Waals surface area contributed by atoms with Crippen LogP contribution in [0.4, 0.5) is 0 Å². The largest absolute Gasteiger partial charge is 0.494 e. The molecule has 3 atom stereocenters. The molecule has 0 spiro atoms. The van der Waals surface area contributed by atoms with E-state index in [1.807, 2.05) is 0 Å². The quantitative estimate of drug-likeness (QED) is 0.897. The molecule has 0 saturated carbocycles. The van der Waals surface area contributed by atoms with E-state index in [0.29, 0.717) is 12.0 Å². The first-order valence-corrected chi connectivity index (χ1v) is 8.37. The number of hydrogen-bond acceptors (Lipinski definition) is 3. The van der Waals surface area contributed by atoms with E-state index in [0.717, 1.165) is 43.9 Å². The Kier molecular flexibility index (Phi) is 4.12. The van der Waals surface area contributed by atoms with Gasteiger partial charge in [-0.15, -0.1) is 0 Å². The van der Waals surface area contributed by atoms with E-state index in [1.165, 1.54) is 16.7 Å². The van der Waals surface area contributed by atoms with Gasteiger partial charge in [0.15, 0.2) is 0 Å². The van der Waals surface area contributed by atoms with Crippen molar-refractivity contribution in [1.29, 1.82) is 0 Å². The van der Waals surface area contributed by atoms with Crippen LogP contribution in [0.25, 0.3) is 0 Å². The molecule has 0 bridgehead atoms. The standard InChI is InChI=1S/C18H27NO2/c1-5-7-19-17-11(3)8-14-15(20-6-2)10-13-9-12(4)21-18(13)16(14)17/h10-12,17,19H,5-9H2,1-4H3. The highest BCUT2D eigenvalue weighted by Crippen LogP contribution is 2.49. The van der Waals surface area contributed by atoms with Gasteiger partial charge in [-0.25, -0.2) is 0 Å². The first-order valence-electron chi connectivity index (χ1n) is 8.37. The van der Waals surface area contributed by atoms with Gasteiger partial charge in [0, 0.05) is 29.2 Å². The smallest absolute Gasteiger partial charge is 0.128 e. The van der Waals surface area contributed by atoms with E-state index >= 15 is 0 Å². The molecule has 0 aromatic heterocycles. The summed E-state index contributed by atoms with van der Waals surface area (Å²) >= 11 is 0. The predicted octanol–water partition coefficient (Wildman–Crippen LogP) is 3.64. The maximum atomic E-state index is 6.15. The van der Waals surface area contributed by atoms with Crippen molar-refractivity contribution >= 4 is 0 Å². The van der Waals surface area contributed by atoms with E-state index < -0.39 is 0 Å². The summed E-state index contributed by atoms with van der Waals surface area (Å²) in [5, 5.41) is 3.72. The fourth-order valence-electron chi connectivity index (χ4n) is 3.75. The molecule has 3 heteroatoms. The molecule has 3 rings (SSSR count). The van der Waals surface area contributed by atoms with E-state index in [4.69, 9.17) is 9.47 Å². The summed E-state index contributed by atoms with van der Waals surface area (Å²) in [5.41, 5.74) is 4.06. The van der Waals surface area contributed by atoms with Crippen molar-refractivity contribution in [3.05, 3.63) is 22.8 Å². The number of benzene rings is 1. The maximum Gasteiger partial charge on any atom is 0.128 e. The number of hydrogen-bond donors (Lipinski definition) is 1. The van der Waals surface area contributed by atoms with Crippen LogP contribution in [0.15, 0.2) is 6.07 Å². The molecule has 1 aromatic rings. The minimum Gasteiger partial charge on any atom is -0.494 e. The first kappa shape index (κ1) is 14.7. The third kappa shape index (κ3) is 2.52. The second kappa shape index (κ2) is 5.88. The van der Waals surface area contributed by atoms with Crippen LogP contribution in [-0.2, 0) is 12.8 Å². The fourth-order valence-corrected chi connectivity index (χ4v) is 3.75. The number of rotatable bonds is 5. The normalized spacial score (nSPS) is 26.4. The van der Waals surface area contributed by atoms with Gasteiger partial charge in [0.25, 0.3) is 0 Å². The lowest BCUT2D eigenvalue weighted by atomic mass is 9.98. The second-order valence-corrected chi connectivity index (χ2v) is 6.43. The highest BCUT2D eigenvalue weighted by molar-refractivity contribution is 5.59. The molecule has 116 valence electrons. The molecule has 0 radical (unpaired) electrons. The van der Waals surface area contributed by atoms with Crippen LogP contribution < -0.4 is 14.8 Å². The van der Waals surface area contributed by atoms with Gasteiger partial charge in [-0.1, -0.05) is 13.8 Å². The molecule has 1 N–H and O–H groups in total. The Morgan fingerprint density at radius 1 is 1.29 bits per heavy atom. The van der Waals surface area contributed by atoms with E-state index in [2.05, 4.69) is 39.1 Å². The first-order chi connectivity index (χ1) is 10.2. The molecule has 1 aliphatic carbocycles. The summed E-state index contributed by atoms with van der Waals surface area (Å²) in [6.45, 7) is 10.5. The lowest BCUT2D eigenvalue weighted by molar-refractivity contribution is 0.249. The Hall–Kier alpha value is -1.22. The van der Waals surface area contributed by atoms with Gasteiger partial charge in [-0.3, -0.25) is 0 Å². The van der Waals surface area contributed by atoms with Gasteiger partial charge in [-0.2, -0.15) is 0 Å². The predicted molar refractivity (Wildman–Crippen MR) is 85.3 cm³/mol. The number of nitrogens with one attached hydrogen (secondary N) is 1. The zero-order valence-electron chi connectivity index (χ0n) is 13.7. The van der Waals surface area contributed by atoms with Gasteiger partial charge in [0.1, 0.15) is 17.6 Å². The minimum atomic E-state index is 0.281. The van der Waals surface area contributed by atoms with Gasteiger partial charge in [0.2, 0.25) is 0 Å². The van der Waals surface area contributed by atoms with Crippen LogP contribution in [0.3, 0.4) is 0 Å². The molecule has 1 heterocycles. The van der Waals surface area contributed by atoms with Crippen molar-refractivity contribution in [2.45, 2.75) is 59.1 Å². The highest BCUT2D eigenvalue weighted by atomic mass is 16.5. The van der Waals surface area contributed by atoms with Crippen LogP contribution in [0.1, 0.15) is 56.8 Å². The van der Waals surface area contributed by atoms with Crippen LogP contribution >= 0.6 is 0 Å². The van der Waals surface area contributed by atoms with Crippen LogP contribution in [0.5, 0.6) is 11.5 Å². The fraction of sp³-hybridized carbons (Fsp3) is 0.667. The van der Waals surface area contributed by atoms with Gasteiger partial charge in [-0.05, 0) is 45.2 Å². The third-order valence-corrected chi connectivity index (χ3v) is 4.61. The van der Waals surface area contributed by atoms with Gasteiger partial charge >= 0.3 is 0 Å². The lowest BCUT2D eigenvalue weighted by Crippen LogP contribution is -2.25. The molecular formula is C18H27NO2. The summed E-state index contributed by atoms with van der Waals surface area (Å²) < 4.78 is 12.1. The summed E-state index contributed by atoms with van der Waals surface area (Å²) in [6, 6.07) is 2.62. The molecule has 1 aromatic carbocycles. The van der Waals surface area contributed by atoms with Crippen LogP contribution in [0.2, 0.25) is 0 Å². The second-order valence-electron chi connectivity index (χ2n) is 6.43. The monoisotopic (exact) mass is 289 g/mol. The summed E-state index contributed by atoms with van der Waals surface area (Å²) in [7, 11) is 0. The average molecular weight is 289 g/mol. The SMILES string of the molecule is CCCNC1c2c(c(OCC)cc3c2OC(C)C3)CC1C. The molecule has 0 amide bonds. The van der Waals surface area contributed by atoms with Gasteiger partial charge < -0.3 is 14.8 Å². The molecule has 0 fully saturated rings. The Bertz CT molecular complexity index is 526. The van der Waals surface area contributed by atoms with Crippen molar-refractivity contribution in [1.82, 2.24) is 5.32 Å². The average Bonchev–Trinajstić information content (AvgIpc) is 2.96. The highest BCUT2D eigenvalue weighted by Gasteiger charge is 2.38. The summed E-state index contributed by atoms with van der Waals surface area (Å²) in [6.07, 6.45) is 3.52. The Morgan fingerprint density at radius 3 is 2.81 bits per heavy atom. The Labute approximate surface area is 128 Å². The van der Waals surface area contributed by atoms with Gasteiger partial charge in [0.05, 0.1) is 6.61 Å². The third-order valence-electron chi connectivity index (χ3n) is 4.61. The van der Waals surface area contributed by atoms with Crippen molar-refractivity contribution in [3.8, 4) is 11.5 Å². The minimum absolute atomic E-state index is 0.281. The van der Waals surface area contributed by atoms with Crippen molar-refractivity contribution < 1.29 is 9.47 Å². The molecular weight excluding hydrogens is 262 g/mol.